The Kier molecular flexibility index (Phi) is 12.8. The Bertz CT molecular complexity index is 915. The third-order valence-corrected chi connectivity index (χ3v) is 6.82. The van der Waals surface area contributed by atoms with Crippen LogP contribution in [0, 0.1) is 5.92 Å². The van der Waals surface area contributed by atoms with Gasteiger partial charge in [-0.1, -0.05) is 31.9 Å². The van der Waals surface area contributed by atoms with E-state index >= 15 is 0 Å². The fourth-order valence-corrected chi connectivity index (χ4v) is 4.41. The van der Waals surface area contributed by atoms with Crippen molar-refractivity contribution in [1.29, 1.82) is 0 Å². The second kappa shape index (κ2) is 15.6. The van der Waals surface area contributed by atoms with E-state index in [1.54, 1.807) is 25.2 Å². The van der Waals surface area contributed by atoms with Gasteiger partial charge in [0.2, 0.25) is 5.91 Å². The number of hydrogen-bond donors (Lipinski definition) is 4. The van der Waals surface area contributed by atoms with Gasteiger partial charge in [0, 0.05) is 56.2 Å². The summed E-state index contributed by atoms with van der Waals surface area (Å²) in [5.41, 5.74) is 1.26. The number of nitrogens with one attached hydrogen (secondary N) is 3. The Hall–Kier alpha value is -2.52. The Morgan fingerprint density at radius 2 is 1.97 bits per heavy atom. The van der Waals surface area contributed by atoms with Crippen LogP contribution in [0.4, 0.5) is 0 Å². The van der Waals surface area contributed by atoms with E-state index in [9.17, 15) is 14.4 Å². The highest BCUT2D eigenvalue weighted by atomic mass is 32.1. The number of ketones is 1. The molecule has 0 spiro atoms. The predicted molar refractivity (Wildman–Crippen MR) is 146 cm³/mol. The second-order valence-electron chi connectivity index (χ2n) is 9.33. The Labute approximate surface area is 221 Å². The summed E-state index contributed by atoms with van der Waals surface area (Å²) in [6, 6.07) is 5.27. The summed E-state index contributed by atoms with van der Waals surface area (Å²) in [4.78, 5) is 39.2. The standard InChI is InChI=1S/C27H42N4O4S/c1-5-20(18-35-23-13-10-14-24(36)25(23)27(34)28-3)29-15-21(11-8-7-9-12-22(32)6-2)30-26(33)19-16-31(4)17-19/h5,10,13-14,19,21,29,36H,6-9,11-12,15-18H2,1-4H3,(H,28,34)(H,30,33)/b20-5-/t21-/m0/s1. The molecule has 1 atom stereocenters. The van der Waals surface area contributed by atoms with Crippen LogP contribution in [0.15, 0.2) is 34.9 Å². The number of unbranched alkanes of at least 4 members (excludes halogenated alkanes) is 2. The number of nitrogens with zero attached hydrogens (tertiary/aromatic N) is 1. The van der Waals surface area contributed by atoms with Gasteiger partial charge in [-0.25, -0.2) is 0 Å². The molecule has 8 nitrogen and oxygen atoms in total. The fourth-order valence-electron chi connectivity index (χ4n) is 4.11. The summed E-state index contributed by atoms with van der Waals surface area (Å²) in [7, 11) is 3.58. The van der Waals surface area contributed by atoms with Crippen molar-refractivity contribution in [3.63, 3.8) is 0 Å². The van der Waals surface area contributed by atoms with Crippen LogP contribution in [0.3, 0.4) is 0 Å². The number of carbonyl (C=O) groups is 3. The van der Waals surface area contributed by atoms with Crippen molar-refractivity contribution in [3.8, 4) is 5.75 Å². The zero-order valence-corrected chi connectivity index (χ0v) is 23.0. The molecule has 2 amide bonds. The van der Waals surface area contributed by atoms with Crippen LogP contribution in [-0.2, 0) is 9.59 Å². The summed E-state index contributed by atoms with van der Waals surface area (Å²) >= 11 is 4.39. The van der Waals surface area contributed by atoms with E-state index in [0.717, 1.165) is 44.5 Å². The van der Waals surface area contributed by atoms with Crippen molar-refractivity contribution in [2.75, 3.05) is 40.3 Å². The molecule has 2 rings (SSSR count). The number of carbonyl (C=O) groups excluding carboxylic acids is 3. The minimum absolute atomic E-state index is 0.0255. The summed E-state index contributed by atoms with van der Waals surface area (Å²) in [5, 5.41) is 9.25. The molecule has 0 unspecified atom stereocenters. The van der Waals surface area contributed by atoms with Crippen molar-refractivity contribution in [2.24, 2.45) is 5.92 Å². The van der Waals surface area contributed by atoms with Gasteiger partial charge in [-0.3, -0.25) is 14.4 Å². The molecule has 0 aliphatic carbocycles. The molecule has 0 saturated carbocycles. The summed E-state index contributed by atoms with van der Waals surface area (Å²) < 4.78 is 5.96. The molecule has 3 N–H and O–H groups in total. The number of allylic oxidation sites excluding steroid dienone is 1. The van der Waals surface area contributed by atoms with Gasteiger partial charge in [-0.05, 0) is 38.9 Å². The minimum atomic E-state index is -0.254. The molecule has 1 aromatic rings. The van der Waals surface area contributed by atoms with Crippen molar-refractivity contribution in [1.82, 2.24) is 20.9 Å². The third-order valence-electron chi connectivity index (χ3n) is 6.45. The van der Waals surface area contributed by atoms with Gasteiger partial charge < -0.3 is 25.6 Å². The molecular weight excluding hydrogens is 476 g/mol. The van der Waals surface area contributed by atoms with Gasteiger partial charge in [-0.2, -0.15) is 0 Å². The third kappa shape index (κ3) is 9.50. The summed E-state index contributed by atoms with van der Waals surface area (Å²) in [6.07, 6.45) is 6.79. The number of amides is 2. The first kappa shape index (κ1) is 29.7. The predicted octanol–water partition coefficient (Wildman–Crippen LogP) is 3.18. The van der Waals surface area contributed by atoms with Crippen LogP contribution in [-0.4, -0.2) is 68.9 Å². The van der Waals surface area contributed by atoms with Crippen LogP contribution in [0.1, 0.15) is 62.7 Å². The van der Waals surface area contributed by atoms with E-state index < -0.39 is 0 Å². The molecular formula is C27H42N4O4S. The SMILES string of the molecule is C/C=C(/COc1cccc(S)c1C(=O)NC)NC[C@H](CCCCCC(=O)CC)NC(=O)C1CN(C)C1. The van der Waals surface area contributed by atoms with E-state index in [1.807, 2.05) is 27.0 Å². The lowest BCUT2D eigenvalue weighted by atomic mass is 9.99. The van der Waals surface area contributed by atoms with Gasteiger partial charge in [0.1, 0.15) is 18.1 Å². The molecule has 1 heterocycles. The smallest absolute Gasteiger partial charge is 0.255 e. The Morgan fingerprint density at radius 1 is 1.22 bits per heavy atom. The highest BCUT2D eigenvalue weighted by Crippen LogP contribution is 2.25. The normalized spacial score (nSPS) is 15.1. The number of benzene rings is 1. The van der Waals surface area contributed by atoms with Gasteiger partial charge in [0.25, 0.3) is 5.91 Å². The lowest BCUT2D eigenvalue weighted by Crippen LogP contribution is -2.54. The number of thiol groups is 1. The largest absolute Gasteiger partial charge is 0.487 e. The number of Topliss-reactive ketones (excluding diaryl/α,β-unsaturated/α-hetero) is 1. The van der Waals surface area contributed by atoms with Crippen molar-refractivity contribution in [3.05, 3.63) is 35.5 Å². The van der Waals surface area contributed by atoms with Gasteiger partial charge in [0.15, 0.2) is 0 Å². The molecule has 1 aliphatic heterocycles. The zero-order chi connectivity index (χ0) is 26.5. The monoisotopic (exact) mass is 518 g/mol. The summed E-state index contributed by atoms with van der Waals surface area (Å²) in [6.45, 7) is 6.22. The molecule has 1 saturated heterocycles. The fraction of sp³-hybridized carbons (Fsp3) is 0.593. The highest BCUT2D eigenvalue weighted by molar-refractivity contribution is 7.80. The molecule has 1 fully saturated rings. The van der Waals surface area contributed by atoms with Crippen LogP contribution in [0.2, 0.25) is 0 Å². The Balaban J connectivity index is 1.92. The maximum absolute atomic E-state index is 12.7. The van der Waals surface area contributed by atoms with Crippen LogP contribution in [0.5, 0.6) is 5.75 Å². The lowest BCUT2D eigenvalue weighted by Gasteiger charge is -2.36. The first-order valence-electron chi connectivity index (χ1n) is 12.9. The topological polar surface area (TPSA) is 99.8 Å². The summed E-state index contributed by atoms with van der Waals surface area (Å²) in [5.74, 6) is 0.650. The van der Waals surface area contributed by atoms with Crippen LogP contribution in [0.25, 0.3) is 0 Å². The van der Waals surface area contributed by atoms with Crippen molar-refractivity contribution in [2.45, 2.75) is 63.3 Å². The number of hydrogen-bond acceptors (Lipinski definition) is 7. The first-order valence-corrected chi connectivity index (χ1v) is 13.3. The van der Waals surface area contributed by atoms with E-state index in [-0.39, 0.29) is 30.4 Å². The van der Waals surface area contributed by atoms with Crippen LogP contribution < -0.4 is 20.7 Å². The van der Waals surface area contributed by atoms with Crippen LogP contribution >= 0.6 is 12.6 Å². The van der Waals surface area contributed by atoms with Gasteiger partial charge in [0.05, 0.1) is 11.5 Å². The van der Waals surface area contributed by atoms with E-state index in [1.165, 1.54) is 0 Å². The molecule has 9 heteroatoms. The van der Waals surface area contributed by atoms with Gasteiger partial charge in [-0.15, -0.1) is 12.6 Å². The first-order chi connectivity index (χ1) is 17.3. The molecule has 200 valence electrons. The Morgan fingerprint density at radius 3 is 2.61 bits per heavy atom. The second-order valence-corrected chi connectivity index (χ2v) is 9.81. The molecule has 0 radical (unpaired) electrons. The number of rotatable bonds is 16. The van der Waals surface area contributed by atoms with E-state index in [4.69, 9.17) is 4.74 Å². The minimum Gasteiger partial charge on any atom is -0.487 e. The lowest BCUT2D eigenvalue weighted by molar-refractivity contribution is -0.130. The molecule has 0 bridgehead atoms. The maximum atomic E-state index is 12.7. The maximum Gasteiger partial charge on any atom is 0.255 e. The molecule has 1 aromatic carbocycles. The van der Waals surface area contributed by atoms with E-state index in [0.29, 0.717) is 41.4 Å². The average Bonchev–Trinajstić information content (AvgIpc) is 2.85. The average molecular weight is 519 g/mol. The van der Waals surface area contributed by atoms with Crippen molar-refractivity contribution >= 4 is 30.2 Å². The number of likely N-dealkylation sites (tertiary alicyclic amines) is 1. The number of ether oxygens (including phenoxy) is 1. The molecule has 36 heavy (non-hydrogen) atoms. The molecule has 1 aliphatic rings. The highest BCUT2D eigenvalue weighted by Gasteiger charge is 2.31. The zero-order valence-electron chi connectivity index (χ0n) is 22.1. The van der Waals surface area contributed by atoms with Crippen molar-refractivity contribution < 1.29 is 19.1 Å². The molecule has 0 aromatic heterocycles. The van der Waals surface area contributed by atoms with E-state index in [2.05, 4.69) is 33.5 Å². The van der Waals surface area contributed by atoms with Gasteiger partial charge >= 0.3 is 0 Å². The quantitative estimate of drug-likeness (QED) is 0.198.